The zero-order chi connectivity index (χ0) is 18.0. The van der Waals surface area contributed by atoms with Crippen LogP contribution in [0.15, 0.2) is 47.6 Å². The average Bonchev–Trinajstić information content (AvgIpc) is 2.56. The van der Waals surface area contributed by atoms with Crippen molar-refractivity contribution < 1.29 is 0 Å². The molecular weight excluding hydrogens is 330 g/mol. The highest BCUT2D eigenvalue weighted by molar-refractivity contribution is 6.33. The zero-order valence-electron chi connectivity index (χ0n) is 15.4. The van der Waals surface area contributed by atoms with Gasteiger partial charge in [-0.3, -0.25) is 5.43 Å². The molecule has 3 nitrogen and oxygen atoms in total. The van der Waals surface area contributed by atoms with Crippen LogP contribution in [0.4, 0.5) is 11.4 Å². The van der Waals surface area contributed by atoms with Crippen LogP contribution in [0.2, 0.25) is 5.02 Å². The zero-order valence-corrected chi connectivity index (χ0v) is 16.1. The first-order valence-electron chi connectivity index (χ1n) is 8.87. The van der Waals surface area contributed by atoms with E-state index in [4.69, 9.17) is 11.6 Å². The molecule has 4 heteroatoms. The fourth-order valence-electron chi connectivity index (χ4n) is 3.91. The van der Waals surface area contributed by atoms with Gasteiger partial charge in [0, 0.05) is 23.3 Å². The minimum atomic E-state index is 0.148. The van der Waals surface area contributed by atoms with Crippen LogP contribution in [0.3, 0.4) is 0 Å². The van der Waals surface area contributed by atoms with Crippen molar-refractivity contribution >= 4 is 29.2 Å². The van der Waals surface area contributed by atoms with Crippen LogP contribution in [0.1, 0.15) is 51.2 Å². The third-order valence-corrected chi connectivity index (χ3v) is 5.32. The molecule has 1 aliphatic rings. The molecule has 0 radical (unpaired) electrons. The van der Waals surface area contributed by atoms with Crippen molar-refractivity contribution in [3.05, 3.63) is 58.6 Å². The molecule has 0 fully saturated rings. The number of hydrazone groups is 1. The standard InChI is InChI=1S/C21H26ClN3/c1-5-25-20-12-19(22)16(11-18(20)15(2)13-21(25,3)4)14-23-24-17-9-7-6-8-10-17/h6-12,14-15,24H,5,13H2,1-4H3/b23-14-. The third kappa shape index (κ3) is 3.67. The van der Waals surface area contributed by atoms with Crippen molar-refractivity contribution in [1.82, 2.24) is 0 Å². The fraction of sp³-hybridized carbons (Fsp3) is 0.381. The molecular formula is C21H26ClN3. The van der Waals surface area contributed by atoms with Crippen molar-refractivity contribution in [1.29, 1.82) is 0 Å². The van der Waals surface area contributed by atoms with Gasteiger partial charge in [-0.05, 0) is 62.9 Å². The highest BCUT2D eigenvalue weighted by Gasteiger charge is 2.35. The summed E-state index contributed by atoms with van der Waals surface area (Å²) in [5.41, 5.74) is 7.71. The number of para-hydroxylation sites is 1. The SMILES string of the molecule is CCN1c2cc(Cl)c(/C=N\Nc3ccccc3)cc2C(C)CC1(C)C. The van der Waals surface area contributed by atoms with Crippen LogP contribution in [-0.2, 0) is 0 Å². The highest BCUT2D eigenvalue weighted by atomic mass is 35.5. The molecule has 0 saturated carbocycles. The molecule has 2 aromatic rings. The molecule has 1 heterocycles. The topological polar surface area (TPSA) is 27.6 Å². The number of rotatable bonds is 4. The van der Waals surface area contributed by atoms with Crippen LogP contribution in [-0.4, -0.2) is 18.3 Å². The molecule has 0 amide bonds. The monoisotopic (exact) mass is 355 g/mol. The fourth-order valence-corrected chi connectivity index (χ4v) is 4.11. The molecule has 0 bridgehead atoms. The Balaban J connectivity index is 1.90. The van der Waals surface area contributed by atoms with E-state index in [0.29, 0.717) is 5.92 Å². The maximum absolute atomic E-state index is 6.56. The van der Waals surface area contributed by atoms with E-state index in [1.165, 1.54) is 11.3 Å². The molecule has 3 rings (SSSR count). The summed E-state index contributed by atoms with van der Waals surface area (Å²) in [4.78, 5) is 2.46. The van der Waals surface area contributed by atoms with Gasteiger partial charge in [-0.2, -0.15) is 5.10 Å². The summed E-state index contributed by atoms with van der Waals surface area (Å²) in [5.74, 6) is 0.499. The van der Waals surface area contributed by atoms with Crippen LogP contribution in [0.25, 0.3) is 0 Å². The molecule has 0 spiro atoms. The van der Waals surface area contributed by atoms with Crippen LogP contribution in [0.5, 0.6) is 0 Å². The van der Waals surface area contributed by atoms with Gasteiger partial charge in [0.05, 0.1) is 16.9 Å². The Morgan fingerprint density at radius 3 is 2.68 bits per heavy atom. The Labute approximate surface area is 155 Å². The maximum Gasteiger partial charge on any atom is 0.0561 e. The summed E-state index contributed by atoms with van der Waals surface area (Å²) >= 11 is 6.56. The maximum atomic E-state index is 6.56. The normalized spacial score (nSPS) is 19.1. The van der Waals surface area contributed by atoms with E-state index in [0.717, 1.165) is 29.2 Å². The number of hydrogen-bond acceptors (Lipinski definition) is 3. The average molecular weight is 356 g/mol. The smallest absolute Gasteiger partial charge is 0.0561 e. The summed E-state index contributed by atoms with van der Waals surface area (Å²) in [6, 6.07) is 14.2. The van der Waals surface area contributed by atoms with Gasteiger partial charge >= 0.3 is 0 Å². The van der Waals surface area contributed by atoms with E-state index in [9.17, 15) is 0 Å². The molecule has 132 valence electrons. The van der Waals surface area contributed by atoms with Gasteiger partial charge < -0.3 is 4.90 Å². The second kappa shape index (κ2) is 7.09. The Morgan fingerprint density at radius 2 is 2.00 bits per heavy atom. The lowest BCUT2D eigenvalue weighted by molar-refractivity contribution is 0.381. The number of anilines is 2. The van der Waals surface area contributed by atoms with E-state index in [1.807, 2.05) is 30.3 Å². The number of hydrogen-bond donors (Lipinski definition) is 1. The minimum absolute atomic E-state index is 0.148. The first kappa shape index (κ1) is 17.8. The lowest BCUT2D eigenvalue weighted by Crippen LogP contribution is -2.48. The van der Waals surface area contributed by atoms with Crippen molar-refractivity contribution in [3.63, 3.8) is 0 Å². The van der Waals surface area contributed by atoms with Crippen LogP contribution >= 0.6 is 11.6 Å². The molecule has 2 aromatic carbocycles. The lowest BCUT2D eigenvalue weighted by atomic mass is 9.79. The minimum Gasteiger partial charge on any atom is -0.366 e. The summed E-state index contributed by atoms with van der Waals surface area (Å²) in [7, 11) is 0. The highest BCUT2D eigenvalue weighted by Crippen LogP contribution is 2.44. The number of fused-ring (bicyclic) bond motifs is 1. The molecule has 25 heavy (non-hydrogen) atoms. The van der Waals surface area contributed by atoms with Crippen molar-refractivity contribution in [2.45, 2.75) is 45.6 Å². The van der Waals surface area contributed by atoms with Crippen molar-refractivity contribution in [3.8, 4) is 0 Å². The van der Waals surface area contributed by atoms with E-state index in [1.54, 1.807) is 6.21 Å². The van der Waals surface area contributed by atoms with E-state index in [2.05, 4.69) is 55.3 Å². The van der Waals surface area contributed by atoms with Gasteiger partial charge in [0.2, 0.25) is 0 Å². The number of nitrogens with one attached hydrogen (secondary N) is 1. The Hall–Kier alpha value is -2.00. The lowest BCUT2D eigenvalue weighted by Gasteiger charge is -2.47. The Bertz CT molecular complexity index is 768. The molecule has 1 unspecified atom stereocenters. The van der Waals surface area contributed by atoms with Crippen LogP contribution < -0.4 is 10.3 Å². The summed E-state index contributed by atoms with van der Waals surface area (Å²) in [6.45, 7) is 10.1. The second-order valence-corrected chi connectivity index (χ2v) is 7.74. The molecule has 1 atom stereocenters. The molecule has 0 aliphatic carbocycles. The van der Waals surface area contributed by atoms with Gasteiger partial charge in [0.25, 0.3) is 0 Å². The van der Waals surface area contributed by atoms with Gasteiger partial charge in [-0.25, -0.2) is 0 Å². The summed E-state index contributed by atoms with van der Waals surface area (Å²) in [6.07, 6.45) is 2.94. The van der Waals surface area contributed by atoms with Crippen molar-refractivity contribution in [2.75, 3.05) is 16.9 Å². The molecule has 1 N–H and O–H groups in total. The number of benzene rings is 2. The predicted octanol–water partition coefficient (Wildman–Crippen LogP) is 5.90. The number of halogens is 1. The van der Waals surface area contributed by atoms with Gasteiger partial charge in [0.1, 0.15) is 0 Å². The Kier molecular flexibility index (Phi) is 5.05. The van der Waals surface area contributed by atoms with E-state index in [-0.39, 0.29) is 5.54 Å². The van der Waals surface area contributed by atoms with E-state index >= 15 is 0 Å². The Morgan fingerprint density at radius 1 is 1.28 bits per heavy atom. The molecule has 0 aromatic heterocycles. The largest absolute Gasteiger partial charge is 0.366 e. The second-order valence-electron chi connectivity index (χ2n) is 7.33. The van der Waals surface area contributed by atoms with Gasteiger partial charge in [-0.1, -0.05) is 36.7 Å². The predicted molar refractivity (Wildman–Crippen MR) is 109 cm³/mol. The quantitative estimate of drug-likeness (QED) is 0.546. The number of nitrogens with zero attached hydrogens (tertiary/aromatic N) is 2. The summed E-state index contributed by atoms with van der Waals surface area (Å²) in [5, 5.41) is 5.08. The summed E-state index contributed by atoms with van der Waals surface area (Å²) < 4.78 is 0. The first-order valence-corrected chi connectivity index (χ1v) is 9.25. The van der Waals surface area contributed by atoms with E-state index < -0.39 is 0 Å². The van der Waals surface area contributed by atoms with Crippen molar-refractivity contribution in [2.24, 2.45) is 5.10 Å². The van der Waals surface area contributed by atoms with Gasteiger partial charge in [-0.15, -0.1) is 0 Å². The first-order chi connectivity index (χ1) is 11.9. The van der Waals surface area contributed by atoms with Crippen LogP contribution in [0, 0.1) is 0 Å². The third-order valence-electron chi connectivity index (χ3n) is 4.99. The molecule has 0 saturated heterocycles. The molecule has 1 aliphatic heterocycles. The van der Waals surface area contributed by atoms with Gasteiger partial charge in [0.15, 0.2) is 0 Å².